The Morgan fingerprint density at radius 1 is 1.40 bits per heavy atom. The summed E-state index contributed by atoms with van der Waals surface area (Å²) in [6.45, 7) is 2.35. The molecule has 0 fully saturated rings. The SMILES string of the molecule is CC(CS(C)=O)NCC(O)COc1c(Cl)cccc1Cl. The summed E-state index contributed by atoms with van der Waals surface area (Å²) in [5.74, 6) is 0.918. The molecular weight excluding hydrogens is 321 g/mol. The molecule has 1 rings (SSSR count). The number of nitrogens with one attached hydrogen (secondary N) is 1. The summed E-state index contributed by atoms with van der Waals surface area (Å²) >= 11 is 11.9. The van der Waals surface area contributed by atoms with E-state index in [1.807, 2.05) is 6.92 Å². The smallest absolute Gasteiger partial charge is 0.156 e. The monoisotopic (exact) mass is 339 g/mol. The van der Waals surface area contributed by atoms with E-state index < -0.39 is 16.9 Å². The number of aliphatic hydroxyl groups is 1. The average Bonchev–Trinajstić information content (AvgIpc) is 2.35. The minimum Gasteiger partial charge on any atom is -0.488 e. The van der Waals surface area contributed by atoms with Crippen LogP contribution in [0, 0.1) is 0 Å². The molecule has 0 aliphatic rings. The number of rotatable bonds is 8. The van der Waals surface area contributed by atoms with Gasteiger partial charge >= 0.3 is 0 Å². The van der Waals surface area contributed by atoms with E-state index in [2.05, 4.69) is 5.32 Å². The fourth-order valence-electron chi connectivity index (χ4n) is 1.61. The lowest BCUT2D eigenvalue weighted by Crippen LogP contribution is -2.39. The summed E-state index contributed by atoms with van der Waals surface area (Å²) in [7, 11) is -0.860. The van der Waals surface area contributed by atoms with Crippen molar-refractivity contribution in [1.29, 1.82) is 0 Å². The van der Waals surface area contributed by atoms with Gasteiger partial charge in [0.05, 0.1) is 10.0 Å². The molecule has 3 unspecified atom stereocenters. The molecule has 0 radical (unpaired) electrons. The van der Waals surface area contributed by atoms with Gasteiger partial charge in [-0.25, -0.2) is 0 Å². The third kappa shape index (κ3) is 6.41. The van der Waals surface area contributed by atoms with Crippen molar-refractivity contribution >= 4 is 34.0 Å². The van der Waals surface area contributed by atoms with Gasteiger partial charge in [0.2, 0.25) is 0 Å². The predicted molar refractivity (Wildman–Crippen MR) is 84.4 cm³/mol. The second-order valence-electron chi connectivity index (χ2n) is 4.56. The molecule has 0 saturated carbocycles. The van der Waals surface area contributed by atoms with Gasteiger partial charge in [0.15, 0.2) is 5.75 Å². The molecule has 3 atom stereocenters. The summed E-state index contributed by atoms with van der Waals surface area (Å²) in [4.78, 5) is 0. The zero-order chi connectivity index (χ0) is 15.1. The Bertz CT molecular complexity index is 439. The van der Waals surface area contributed by atoms with Gasteiger partial charge in [-0.05, 0) is 19.1 Å². The van der Waals surface area contributed by atoms with Gasteiger partial charge in [0, 0.05) is 35.4 Å². The van der Waals surface area contributed by atoms with Crippen molar-refractivity contribution in [3.8, 4) is 5.75 Å². The second-order valence-corrected chi connectivity index (χ2v) is 6.86. The first-order valence-corrected chi connectivity index (χ1v) is 8.66. The number of ether oxygens (including phenoxy) is 1. The minimum atomic E-state index is -0.860. The van der Waals surface area contributed by atoms with E-state index in [0.29, 0.717) is 28.1 Å². The first-order chi connectivity index (χ1) is 9.40. The quantitative estimate of drug-likeness (QED) is 0.761. The van der Waals surface area contributed by atoms with Crippen LogP contribution in [0.2, 0.25) is 10.0 Å². The largest absolute Gasteiger partial charge is 0.488 e. The third-order valence-corrected chi connectivity index (χ3v) is 4.09. The lowest BCUT2D eigenvalue weighted by atomic mass is 10.3. The van der Waals surface area contributed by atoms with Crippen molar-refractivity contribution in [3.05, 3.63) is 28.2 Å². The van der Waals surface area contributed by atoms with Gasteiger partial charge in [0.1, 0.15) is 12.7 Å². The zero-order valence-electron chi connectivity index (χ0n) is 11.4. The van der Waals surface area contributed by atoms with Crippen molar-refractivity contribution in [2.45, 2.75) is 19.1 Å². The summed E-state index contributed by atoms with van der Waals surface area (Å²) < 4.78 is 16.5. The van der Waals surface area contributed by atoms with E-state index in [-0.39, 0.29) is 12.6 Å². The van der Waals surface area contributed by atoms with Crippen LogP contribution in [-0.2, 0) is 10.8 Å². The van der Waals surface area contributed by atoms with Crippen LogP contribution in [0.5, 0.6) is 5.75 Å². The molecule has 0 saturated heterocycles. The first-order valence-electron chi connectivity index (χ1n) is 6.18. The standard InChI is InChI=1S/C13H19Cl2NO3S/c1-9(8-20(2)18)16-6-10(17)7-19-13-11(14)4-3-5-12(13)15/h3-5,9-10,16-17H,6-8H2,1-2H3. The summed E-state index contributed by atoms with van der Waals surface area (Å²) in [5, 5.41) is 13.7. The Balaban J connectivity index is 2.36. The normalized spacial score (nSPS) is 15.7. The van der Waals surface area contributed by atoms with E-state index >= 15 is 0 Å². The molecule has 0 amide bonds. The van der Waals surface area contributed by atoms with Gasteiger partial charge in [-0.15, -0.1) is 0 Å². The third-order valence-electron chi connectivity index (χ3n) is 2.53. The Morgan fingerprint density at radius 3 is 2.55 bits per heavy atom. The predicted octanol–water partition coefficient (Wildman–Crippen LogP) is 2.09. The lowest BCUT2D eigenvalue weighted by molar-refractivity contribution is 0.105. The highest BCUT2D eigenvalue weighted by Gasteiger charge is 2.12. The number of hydrogen-bond acceptors (Lipinski definition) is 4. The Hall–Kier alpha value is -0.330. The lowest BCUT2D eigenvalue weighted by Gasteiger charge is -2.17. The number of aliphatic hydroxyl groups excluding tert-OH is 1. The van der Waals surface area contributed by atoms with Crippen molar-refractivity contribution in [1.82, 2.24) is 5.32 Å². The maximum absolute atomic E-state index is 11.0. The van der Waals surface area contributed by atoms with Gasteiger partial charge < -0.3 is 15.2 Å². The molecule has 0 aliphatic heterocycles. The number of para-hydroxylation sites is 1. The molecule has 1 aromatic rings. The van der Waals surface area contributed by atoms with E-state index in [9.17, 15) is 9.32 Å². The zero-order valence-corrected chi connectivity index (χ0v) is 13.8. The molecule has 114 valence electrons. The van der Waals surface area contributed by atoms with Crippen molar-refractivity contribution in [3.63, 3.8) is 0 Å². The Kier molecular flexibility index (Phi) is 7.84. The van der Waals surface area contributed by atoms with Crippen molar-refractivity contribution in [2.24, 2.45) is 0 Å². The molecule has 0 heterocycles. The van der Waals surface area contributed by atoms with E-state index in [0.717, 1.165) is 0 Å². The molecule has 7 heteroatoms. The van der Waals surface area contributed by atoms with Crippen LogP contribution in [0.3, 0.4) is 0 Å². The van der Waals surface area contributed by atoms with Crippen molar-refractivity contribution in [2.75, 3.05) is 25.2 Å². The van der Waals surface area contributed by atoms with Gasteiger partial charge in [-0.1, -0.05) is 29.3 Å². The summed E-state index contributed by atoms with van der Waals surface area (Å²) in [6, 6.07) is 5.14. The molecule has 1 aromatic carbocycles. The number of hydrogen-bond donors (Lipinski definition) is 2. The Labute approximate surface area is 131 Å². The topological polar surface area (TPSA) is 58.6 Å². The maximum atomic E-state index is 11.0. The Morgan fingerprint density at radius 2 is 2.00 bits per heavy atom. The average molecular weight is 340 g/mol. The number of benzene rings is 1. The number of halogens is 2. The second kappa shape index (κ2) is 8.85. The van der Waals surface area contributed by atoms with E-state index in [1.54, 1.807) is 24.5 Å². The van der Waals surface area contributed by atoms with E-state index in [4.69, 9.17) is 27.9 Å². The van der Waals surface area contributed by atoms with Crippen LogP contribution in [0.4, 0.5) is 0 Å². The molecular formula is C13H19Cl2NO3S. The fraction of sp³-hybridized carbons (Fsp3) is 0.538. The highest BCUT2D eigenvalue weighted by molar-refractivity contribution is 7.84. The summed E-state index contributed by atoms with van der Waals surface area (Å²) in [6.07, 6.45) is 0.951. The van der Waals surface area contributed by atoms with Gasteiger partial charge in [0.25, 0.3) is 0 Å². The molecule has 0 spiro atoms. The van der Waals surface area contributed by atoms with Crippen molar-refractivity contribution < 1.29 is 14.1 Å². The maximum Gasteiger partial charge on any atom is 0.156 e. The molecule has 0 bridgehead atoms. The van der Waals surface area contributed by atoms with Gasteiger partial charge in [-0.2, -0.15) is 0 Å². The summed E-state index contributed by atoms with van der Waals surface area (Å²) in [5.41, 5.74) is 0. The highest BCUT2D eigenvalue weighted by atomic mass is 35.5. The van der Waals surface area contributed by atoms with Crippen LogP contribution in [0.15, 0.2) is 18.2 Å². The van der Waals surface area contributed by atoms with Crippen LogP contribution in [0.1, 0.15) is 6.92 Å². The molecule has 0 aromatic heterocycles. The van der Waals surface area contributed by atoms with Gasteiger partial charge in [-0.3, -0.25) is 4.21 Å². The van der Waals surface area contributed by atoms with Crippen LogP contribution in [0.25, 0.3) is 0 Å². The molecule has 4 nitrogen and oxygen atoms in total. The highest BCUT2D eigenvalue weighted by Crippen LogP contribution is 2.32. The van der Waals surface area contributed by atoms with Crippen LogP contribution in [-0.4, -0.2) is 46.6 Å². The van der Waals surface area contributed by atoms with Crippen LogP contribution >= 0.6 is 23.2 Å². The molecule has 20 heavy (non-hydrogen) atoms. The molecule has 0 aliphatic carbocycles. The molecule has 2 N–H and O–H groups in total. The fourth-order valence-corrected chi connectivity index (χ4v) is 2.94. The first kappa shape index (κ1) is 17.7. The van der Waals surface area contributed by atoms with Crippen LogP contribution < -0.4 is 10.1 Å². The van der Waals surface area contributed by atoms with E-state index in [1.165, 1.54) is 0 Å². The minimum absolute atomic E-state index is 0.0689.